The summed E-state index contributed by atoms with van der Waals surface area (Å²) in [5.74, 6) is 0.472. The summed E-state index contributed by atoms with van der Waals surface area (Å²) >= 11 is 0. The maximum absolute atomic E-state index is 13.4. The molecule has 0 saturated carbocycles. The van der Waals surface area contributed by atoms with Crippen LogP contribution in [-0.2, 0) is 19.6 Å². The van der Waals surface area contributed by atoms with Crippen molar-refractivity contribution in [3.8, 4) is 11.5 Å². The molecule has 0 radical (unpaired) electrons. The van der Waals surface area contributed by atoms with E-state index in [1.54, 1.807) is 44.1 Å². The second-order valence-electron chi connectivity index (χ2n) is 9.15. The molecule has 0 bridgehead atoms. The van der Waals surface area contributed by atoms with Gasteiger partial charge in [0.05, 0.1) is 24.3 Å². The first-order valence-electron chi connectivity index (χ1n) is 12.9. The lowest BCUT2D eigenvalue weighted by molar-refractivity contribution is -0.145. The number of methoxy groups -OCH3 is 1. The van der Waals surface area contributed by atoms with Crippen LogP contribution in [0.1, 0.15) is 22.8 Å². The van der Waals surface area contributed by atoms with Crippen molar-refractivity contribution in [3.63, 3.8) is 0 Å². The molecule has 1 saturated heterocycles. The summed E-state index contributed by atoms with van der Waals surface area (Å²) in [7, 11) is -2.34. The second-order valence-corrected chi connectivity index (χ2v) is 10.8. The van der Waals surface area contributed by atoms with E-state index in [2.05, 4.69) is 9.62 Å². The Morgan fingerprint density at radius 2 is 1.65 bits per heavy atom. The zero-order valence-electron chi connectivity index (χ0n) is 22.8. The van der Waals surface area contributed by atoms with Gasteiger partial charge in [-0.1, -0.05) is 18.2 Å². The van der Waals surface area contributed by atoms with Crippen LogP contribution in [0.15, 0.2) is 71.6 Å². The van der Waals surface area contributed by atoms with Crippen molar-refractivity contribution < 1.29 is 32.2 Å². The van der Waals surface area contributed by atoms with Gasteiger partial charge < -0.3 is 24.0 Å². The molecule has 212 valence electrons. The predicted molar refractivity (Wildman–Crippen MR) is 152 cm³/mol. The van der Waals surface area contributed by atoms with Gasteiger partial charge in [0.25, 0.3) is 15.9 Å². The molecule has 3 aromatic rings. The lowest BCUT2D eigenvalue weighted by Gasteiger charge is -2.36. The first kappa shape index (κ1) is 28.8. The molecule has 1 aliphatic heterocycles. The standard InChI is InChI=1S/C29H33N3O7S/c1-4-38-28(33)20-39-23-12-10-22(11-13-23)30-40(35,36)24-14-9-21(2)25(19-24)29(34)32-17-15-31(16-18-32)26-7-5-6-8-27(26)37-3/h5-14,19,30H,4,15-18,20H2,1-3H3. The molecule has 3 aromatic carbocycles. The van der Waals surface area contributed by atoms with Gasteiger partial charge in [0, 0.05) is 37.4 Å². The van der Waals surface area contributed by atoms with Crippen molar-refractivity contribution in [1.29, 1.82) is 0 Å². The molecule has 1 amide bonds. The number of hydrogen-bond acceptors (Lipinski definition) is 8. The molecular weight excluding hydrogens is 534 g/mol. The van der Waals surface area contributed by atoms with E-state index in [1.165, 1.54) is 24.3 Å². The minimum absolute atomic E-state index is 0.0169. The fraction of sp³-hybridized carbons (Fsp3) is 0.310. The molecule has 4 rings (SSSR count). The number of nitrogens with zero attached hydrogens (tertiary/aromatic N) is 2. The van der Waals surface area contributed by atoms with Crippen LogP contribution in [-0.4, -0.2) is 71.7 Å². The van der Waals surface area contributed by atoms with Crippen LogP contribution < -0.4 is 19.1 Å². The molecule has 0 spiro atoms. The summed E-state index contributed by atoms with van der Waals surface area (Å²) in [5, 5.41) is 0. The van der Waals surface area contributed by atoms with Gasteiger partial charge >= 0.3 is 5.97 Å². The number of para-hydroxylation sites is 2. The average Bonchev–Trinajstić information content (AvgIpc) is 2.96. The van der Waals surface area contributed by atoms with Crippen LogP contribution in [0.4, 0.5) is 11.4 Å². The van der Waals surface area contributed by atoms with Crippen LogP contribution in [0.25, 0.3) is 0 Å². The number of hydrogen-bond donors (Lipinski definition) is 1. The number of sulfonamides is 1. The highest BCUT2D eigenvalue weighted by atomic mass is 32.2. The van der Waals surface area contributed by atoms with E-state index < -0.39 is 16.0 Å². The van der Waals surface area contributed by atoms with Crippen LogP contribution in [0.3, 0.4) is 0 Å². The molecule has 1 N–H and O–H groups in total. The summed E-state index contributed by atoms with van der Waals surface area (Å²) in [4.78, 5) is 28.8. The van der Waals surface area contributed by atoms with E-state index in [0.717, 1.165) is 11.4 Å². The number of aryl methyl sites for hydroxylation is 1. The Kier molecular flexibility index (Phi) is 9.15. The van der Waals surface area contributed by atoms with E-state index in [-0.39, 0.29) is 24.0 Å². The molecule has 1 aliphatic rings. The maximum atomic E-state index is 13.4. The summed E-state index contributed by atoms with van der Waals surface area (Å²) in [6.45, 7) is 5.76. The zero-order valence-corrected chi connectivity index (χ0v) is 23.6. The van der Waals surface area contributed by atoms with Gasteiger partial charge in [0.15, 0.2) is 6.61 Å². The third-order valence-electron chi connectivity index (χ3n) is 6.51. The van der Waals surface area contributed by atoms with Crippen LogP contribution in [0.2, 0.25) is 0 Å². The van der Waals surface area contributed by atoms with Gasteiger partial charge in [-0.3, -0.25) is 9.52 Å². The van der Waals surface area contributed by atoms with Crippen molar-refractivity contribution in [3.05, 3.63) is 77.9 Å². The minimum Gasteiger partial charge on any atom is -0.495 e. The number of carbonyl (C=O) groups excluding carboxylic acids is 2. The van der Waals surface area contributed by atoms with E-state index in [0.29, 0.717) is 48.7 Å². The highest BCUT2D eigenvalue weighted by molar-refractivity contribution is 7.92. The van der Waals surface area contributed by atoms with Crippen LogP contribution in [0.5, 0.6) is 11.5 Å². The smallest absolute Gasteiger partial charge is 0.344 e. The summed E-state index contributed by atoms with van der Waals surface area (Å²) in [6, 6.07) is 18.5. The lowest BCUT2D eigenvalue weighted by atomic mass is 10.1. The Labute approximate surface area is 234 Å². The van der Waals surface area contributed by atoms with Gasteiger partial charge in [-0.2, -0.15) is 0 Å². The SMILES string of the molecule is CCOC(=O)COc1ccc(NS(=O)(=O)c2ccc(C)c(C(=O)N3CCN(c4ccccc4OC)CC3)c2)cc1. The van der Waals surface area contributed by atoms with E-state index >= 15 is 0 Å². The molecule has 0 unspecified atom stereocenters. The first-order chi connectivity index (χ1) is 19.2. The Hall–Kier alpha value is -4.25. The van der Waals surface area contributed by atoms with Crippen molar-refractivity contribution in [2.24, 2.45) is 0 Å². The Morgan fingerprint density at radius 1 is 0.950 bits per heavy atom. The molecule has 0 aromatic heterocycles. The number of carbonyl (C=O) groups is 2. The Morgan fingerprint density at radius 3 is 2.33 bits per heavy atom. The fourth-order valence-electron chi connectivity index (χ4n) is 4.39. The van der Waals surface area contributed by atoms with E-state index in [9.17, 15) is 18.0 Å². The summed E-state index contributed by atoms with van der Waals surface area (Å²) < 4.78 is 44.5. The van der Waals surface area contributed by atoms with Crippen molar-refractivity contribution >= 4 is 33.3 Å². The van der Waals surface area contributed by atoms with Gasteiger partial charge in [-0.25, -0.2) is 13.2 Å². The number of anilines is 2. The number of ether oxygens (including phenoxy) is 3. The van der Waals surface area contributed by atoms with Crippen molar-refractivity contribution in [2.75, 3.05) is 56.1 Å². The first-order valence-corrected chi connectivity index (χ1v) is 14.4. The molecule has 11 heteroatoms. The largest absolute Gasteiger partial charge is 0.495 e. The Balaban J connectivity index is 1.42. The average molecular weight is 568 g/mol. The predicted octanol–water partition coefficient (Wildman–Crippen LogP) is 3.71. The molecular formula is C29H33N3O7S. The molecule has 10 nitrogen and oxygen atoms in total. The summed E-state index contributed by atoms with van der Waals surface area (Å²) in [6.07, 6.45) is 0. The van der Waals surface area contributed by atoms with E-state index in [1.807, 2.05) is 24.3 Å². The number of benzene rings is 3. The molecule has 40 heavy (non-hydrogen) atoms. The number of amides is 1. The van der Waals surface area contributed by atoms with Crippen LogP contribution in [0, 0.1) is 6.92 Å². The highest BCUT2D eigenvalue weighted by Gasteiger charge is 2.26. The topological polar surface area (TPSA) is 114 Å². The second kappa shape index (κ2) is 12.7. The Bertz CT molecular complexity index is 1450. The van der Waals surface area contributed by atoms with Crippen molar-refractivity contribution in [1.82, 2.24) is 4.90 Å². The fourth-order valence-corrected chi connectivity index (χ4v) is 5.47. The van der Waals surface area contributed by atoms with Gasteiger partial charge in [0.1, 0.15) is 11.5 Å². The number of esters is 1. The van der Waals surface area contributed by atoms with Gasteiger partial charge in [-0.05, 0) is 67.9 Å². The molecule has 1 fully saturated rings. The quantitative estimate of drug-likeness (QED) is 0.369. The van der Waals surface area contributed by atoms with Crippen LogP contribution >= 0.6 is 0 Å². The van der Waals surface area contributed by atoms with Gasteiger partial charge in [0.2, 0.25) is 0 Å². The van der Waals surface area contributed by atoms with Crippen molar-refractivity contribution in [2.45, 2.75) is 18.7 Å². The normalized spacial score (nSPS) is 13.5. The molecule has 0 atom stereocenters. The molecule has 1 heterocycles. The maximum Gasteiger partial charge on any atom is 0.344 e. The summed E-state index contributed by atoms with van der Waals surface area (Å²) in [5.41, 5.74) is 2.32. The number of rotatable bonds is 10. The third kappa shape index (κ3) is 6.84. The zero-order chi connectivity index (χ0) is 28.7. The minimum atomic E-state index is -3.97. The number of piperazine rings is 1. The van der Waals surface area contributed by atoms with E-state index in [4.69, 9.17) is 14.2 Å². The highest BCUT2D eigenvalue weighted by Crippen LogP contribution is 2.29. The van der Waals surface area contributed by atoms with Gasteiger partial charge in [-0.15, -0.1) is 0 Å². The lowest BCUT2D eigenvalue weighted by Crippen LogP contribution is -2.49. The molecule has 0 aliphatic carbocycles. The number of nitrogens with one attached hydrogen (secondary N) is 1. The third-order valence-corrected chi connectivity index (χ3v) is 7.89. The monoisotopic (exact) mass is 567 g/mol.